The van der Waals surface area contributed by atoms with E-state index in [-0.39, 0.29) is 11.3 Å². The minimum Gasteiger partial charge on any atom is -0.349 e. The Balaban J connectivity index is 1.89. The number of nitrogens with zero attached hydrogens (tertiary/aromatic N) is 3. The average Bonchev–Trinajstić information content (AvgIpc) is 2.95. The zero-order chi connectivity index (χ0) is 14.8. The molecule has 2 rings (SSSR count). The number of carbonyl (C=O) groups excluding carboxylic acids is 1. The van der Waals surface area contributed by atoms with Crippen LogP contribution in [0.3, 0.4) is 0 Å². The quantitative estimate of drug-likeness (QED) is 0.938. The molecule has 0 aliphatic carbocycles. The van der Waals surface area contributed by atoms with Crippen molar-refractivity contribution >= 4 is 17.2 Å². The van der Waals surface area contributed by atoms with Crippen LogP contribution in [0.1, 0.15) is 37.3 Å². The van der Waals surface area contributed by atoms with Gasteiger partial charge in [0.25, 0.3) is 0 Å². The number of hydrogen-bond acceptors (Lipinski definition) is 4. The van der Waals surface area contributed by atoms with E-state index < -0.39 is 0 Å². The Morgan fingerprint density at radius 3 is 2.75 bits per heavy atom. The summed E-state index contributed by atoms with van der Waals surface area (Å²) in [4.78, 5) is 20.6. The van der Waals surface area contributed by atoms with Gasteiger partial charge < -0.3 is 9.88 Å². The molecule has 1 N–H and O–H groups in total. The van der Waals surface area contributed by atoms with Crippen LogP contribution in [0.2, 0.25) is 0 Å². The second-order valence-corrected chi connectivity index (χ2v) is 6.66. The zero-order valence-electron chi connectivity index (χ0n) is 12.3. The van der Waals surface area contributed by atoms with Crippen molar-refractivity contribution in [1.82, 2.24) is 19.9 Å². The van der Waals surface area contributed by atoms with Gasteiger partial charge in [0.05, 0.1) is 23.7 Å². The number of hydrogen-bond donors (Lipinski definition) is 1. The molecule has 0 saturated carbocycles. The lowest BCUT2D eigenvalue weighted by atomic mass is 9.98. The van der Waals surface area contributed by atoms with E-state index in [0.29, 0.717) is 13.0 Å². The van der Waals surface area contributed by atoms with Crippen LogP contribution in [0.5, 0.6) is 0 Å². The number of imidazole rings is 1. The van der Waals surface area contributed by atoms with Crippen molar-refractivity contribution in [3.63, 3.8) is 0 Å². The Bertz CT molecular complexity index is 594. The van der Waals surface area contributed by atoms with E-state index in [1.807, 2.05) is 23.2 Å². The third kappa shape index (κ3) is 3.66. The summed E-state index contributed by atoms with van der Waals surface area (Å²) < 4.78 is 1.89. The van der Waals surface area contributed by atoms with Crippen molar-refractivity contribution in [3.05, 3.63) is 34.3 Å². The van der Waals surface area contributed by atoms with Crippen molar-refractivity contribution in [2.75, 3.05) is 0 Å². The predicted molar refractivity (Wildman–Crippen MR) is 79.6 cm³/mol. The molecular formula is C14H20N4OS. The van der Waals surface area contributed by atoms with Gasteiger partial charge in [0, 0.05) is 30.2 Å². The summed E-state index contributed by atoms with van der Waals surface area (Å²) in [5, 5.41) is 5.88. The third-order valence-electron chi connectivity index (χ3n) is 2.90. The first-order valence-corrected chi connectivity index (χ1v) is 7.42. The Morgan fingerprint density at radius 1 is 1.45 bits per heavy atom. The van der Waals surface area contributed by atoms with Gasteiger partial charge >= 0.3 is 0 Å². The van der Waals surface area contributed by atoms with Crippen LogP contribution in [0.25, 0.3) is 0 Å². The SMILES string of the molecule is Cn1ccnc1CNC(=O)Cc1csc(C(C)(C)C)n1. The summed E-state index contributed by atoms with van der Waals surface area (Å²) in [6.45, 7) is 6.81. The van der Waals surface area contributed by atoms with E-state index in [9.17, 15) is 4.79 Å². The van der Waals surface area contributed by atoms with Crippen LogP contribution in [-0.2, 0) is 30.2 Å². The number of rotatable bonds is 4. The van der Waals surface area contributed by atoms with Gasteiger partial charge in [0.15, 0.2) is 0 Å². The average molecular weight is 292 g/mol. The molecule has 20 heavy (non-hydrogen) atoms. The first-order chi connectivity index (χ1) is 9.36. The first kappa shape index (κ1) is 14.7. The molecule has 2 aromatic heterocycles. The summed E-state index contributed by atoms with van der Waals surface area (Å²) in [5.74, 6) is 0.811. The van der Waals surface area contributed by atoms with Gasteiger partial charge in [-0.3, -0.25) is 4.79 Å². The highest BCUT2D eigenvalue weighted by Gasteiger charge is 2.18. The zero-order valence-corrected chi connectivity index (χ0v) is 13.1. The van der Waals surface area contributed by atoms with Crippen LogP contribution in [0, 0.1) is 0 Å². The minimum atomic E-state index is -0.0289. The molecule has 0 atom stereocenters. The maximum Gasteiger partial charge on any atom is 0.226 e. The highest BCUT2D eigenvalue weighted by atomic mass is 32.1. The lowest BCUT2D eigenvalue weighted by Crippen LogP contribution is -2.26. The van der Waals surface area contributed by atoms with E-state index in [0.717, 1.165) is 16.5 Å². The van der Waals surface area contributed by atoms with Gasteiger partial charge in [-0.1, -0.05) is 20.8 Å². The summed E-state index contributed by atoms with van der Waals surface area (Å²) in [7, 11) is 1.91. The maximum atomic E-state index is 11.9. The Morgan fingerprint density at radius 2 is 2.20 bits per heavy atom. The van der Waals surface area contributed by atoms with Gasteiger partial charge in [0.2, 0.25) is 5.91 Å². The fraction of sp³-hybridized carbons (Fsp3) is 0.500. The third-order valence-corrected chi connectivity index (χ3v) is 4.22. The van der Waals surface area contributed by atoms with E-state index in [1.165, 1.54) is 0 Å². The molecule has 0 radical (unpaired) electrons. The minimum absolute atomic E-state index is 0.0289. The topological polar surface area (TPSA) is 59.8 Å². The summed E-state index contributed by atoms with van der Waals surface area (Å²) >= 11 is 1.61. The van der Waals surface area contributed by atoms with Crippen LogP contribution in [0.4, 0.5) is 0 Å². The lowest BCUT2D eigenvalue weighted by molar-refractivity contribution is -0.120. The molecule has 0 aliphatic rings. The van der Waals surface area contributed by atoms with Crippen molar-refractivity contribution in [2.45, 2.75) is 39.2 Å². The van der Waals surface area contributed by atoms with Crippen LogP contribution in [-0.4, -0.2) is 20.4 Å². The molecule has 0 fully saturated rings. The molecule has 0 aromatic carbocycles. The van der Waals surface area contributed by atoms with Crippen LogP contribution >= 0.6 is 11.3 Å². The van der Waals surface area contributed by atoms with E-state index in [4.69, 9.17) is 0 Å². The van der Waals surface area contributed by atoms with Crippen molar-refractivity contribution in [1.29, 1.82) is 0 Å². The number of carbonyl (C=O) groups is 1. The molecule has 5 nitrogen and oxygen atoms in total. The van der Waals surface area contributed by atoms with Gasteiger partial charge in [0.1, 0.15) is 5.82 Å². The second-order valence-electron chi connectivity index (χ2n) is 5.80. The number of aryl methyl sites for hydroxylation is 1. The van der Waals surface area contributed by atoms with E-state index >= 15 is 0 Å². The number of nitrogens with one attached hydrogen (secondary N) is 1. The van der Waals surface area contributed by atoms with Gasteiger partial charge in [-0.15, -0.1) is 11.3 Å². The molecule has 0 spiro atoms. The van der Waals surface area contributed by atoms with Crippen molar-refractivity contribution in [2.24, 2.45) is 7.05 Å². The van der Waals surface area contributed by atoms with Crippen molar-refractivity contribution in [3.8, 4) is 0 Å². The highest BCUT2D eigenvalue weighted by molar-refractivity contribution is 7.09. The van der Waals surface area contributed by atoms with Gasteiger partial charge in [-0.05, 0) is 0 Å². The molecular weight excluding hydrogens is 272 g/mol. The fourth-order valence-electron chi connectivity index (χ4n) is 1.70. The maximum absolute atomic E-state index is 11.9. The summed E-state index contributed by atoms with van der Waals surface area (Å²) in [5.41, 5.74) is 0.865. The Kier molecular flexibility index (Phi) is 4.23. The van der Waals surface area contributed by atoms with E-state index in [1.54, 1.807) is 17.5 Å². The molecule has 0 saturated heterocycles. The fourth-order valence-corrected chi connectivity index (χ4v) is 2.61. The second kappa shape index (κ2) is 5.75. The Labute approximate surface area is 123 Å². The van der Waals surface area contributed by atoms with Crippen molar-refractivity contribution < 1.29 is 4.79 Å². The standard InChI is InChI=1S/C14H20N4OS/c1-14(2,3)13-17-10(9-20-13)7-12(19)16-8-11-15-5-6-18(11)4/h5-6,9H,7-8H2,1-4H3,(H,16,19). The monoisotopic (exact) mass is 292 g/mol. The summed E-state index contributed by atoms with van der Waals surface area (Å²) in [6, 6.07) is 0. The first-order valence-electron chi connectivity index (χ1n) is 6.54. The molecule has 0 bridgehead atoms. The molecule has 2 aromatic rings. The highest BCUT2D eigenvalue weighted by Crippen LogP contribution is 2.25. The summed E-state index contributed by atoms with van der Waals surface area (Å²) in [6.07, 6.45) is 3.89. The molecule has 0 unspecified atom stereocenters. The molecule has 6 heteroatoms. The smallest absolute Gasteiger partial charge is 0.226 e. The molecule has 1 amide bonds. The van der Waals surface area contributed by atoms with Gasteiger partial charge in [-0.2, -0.15) is 0 Å². The molecule has 2 heterocycles. The lowest BCUT2D eigenvalue weighted by Gasteiger charge is -2.13. The van der Waals surface area contributed by atoms with E-state index in [2.05, 4.69) is 36.1 Å². The largest absolute Gasteiger partial charge is 0.349 e. The van der Waals surface area contributed by atoms with Crippen LogP contribution in [0.15, 0.2) is 17.8 Å². The van der Waals surface area contributed by atoms with Crippen LogP contribution < -0.4 is 5.32 Å². The number of amides is 1. The predicted octanol–water partition coefficient (Wildman–Crippen LogP) is 2.03. The number of thiazole rings is 1. The number of aromatic nitrogens is 3. The Hall–Kier alpha value is -1.69. The van der Waals surface area contributed by atoms with Gasteiger partial charge in [-0.25, -0.2) is 9.97 Å². The normalized spacial score (nSPS) is 11.6. The molecule has 108 valence electrons. The molecule has 0 aliphatic heterocycles.